The Morgan fingerprint density at radius 1 is 0.769 bits per heavy atom. The number of alkyl halides is 1. The molecule has 3 nitrogen and oxygen atoms in total. The van der Waals surface area contributed by atoms with Gasteiger partial charge in [0.2, 0.25) is 0 Å². The second kappa shape index (κ2) is 9.20. The van der Waals surface area contributed by atoms with Crippen LogP contribution in [0, 0.1) is 0 Å². The van der Waals surface area contributed by atoms with Crippen molar-refractivity contribution in [3.05, 3.63) is 95.6 Å². The maximum atomic E-state index is 11.1. The first-order chi connectivity index (χ1) is 12.8. The van der Waals surface area contributed by atoms with E-state index in [1.54, 1.807) is 0 Å². The van der Waals surface area contributed by atoms with Crippen molar-refractivity contribution in [1.82, 2.24) is 0 Å². The Balaban J connectivity index is 1.78. The van der Waals surface area contributed by atoms with E-state index in [2.05, 4.69) is 15.9 Å². The molecule has 0 aliphatic carbocycles. The maximum Gasteiger partial charge on any atom is 0.162 e. The molecule has 132 valence electrons. The molecule has 3 aromatic rings. The van der Waals surface area contributed by atoms with Crippen LogP contribution in [0.3, 0.4) is 0 Å². The van der Waals surface area contributed by atoms with Gasteiger partial charge < -0.3 is 14.3 Å². The number of hydrogen-bond acceptors (Lipinski definition) is 3. The molecule has 4 heteroatoms. The lowest BCUT2D eigenvalue weighted by Crippen LogP contribution is -2.02. The summed E-state index contributed by atoms with van der Waals surface area (Å²) in [5, 5.41) is 0. The van der Waals surface area contributed by atoms with Crippen LogP contribution in [0.25, 0.3) is 0 Å². The average molecular weight is 411 g/mol. The summed E-state index contributed by atoms with van der Waals surface area (Å²) < 4.78 is 11.9. The van der Waals surface area contributed by atoms with Crippen molar-refractivity contribution in [3.63, 3.8) is 0 Å². The molecule has 0 bridgehead atoms. The van der Waals surface area contributed by atoms with E-state index in [0.717, 1.165) is 23.0 Å². The number of carbonyl (C=O) groups is 1. The largest absolute Gasteiger partial charge is 0.485 e. The van der Waals surface area contributed by atoms with Gasteiger partial charge in [-0.1, -0.05) is 82.7 Å². The maximum absolute atomic E-state index is 11.1. The Labute approximate surface area is 161 Å². The lowest BCUT2D eigenvalue weighted by molar-refractivity contribution is -0.107. The highest BCUT2D eigenvalue weighted by Gasteiger charge is 2.12. The molecule has 0 aromatic heterocycles. The van der Waals surface area contributed by atoms with Crippen LogP contribution in [0.4, 0.5) is 0 Å². The van der Waals surface area contributed by atoms with Gasteiger partial charge >= 0.3 is 0 Å². The molecule has 0 fully saturated rings. The zero-order valence-corrected chi connectivity index (χ0v) is 15.8. The third-order valence-corrected chi connectivity index (χ3v) is 4.62. The molecule has 3 rings (SSSR count). The molecule has 0 amide bonds. The fraction of sp³-hybridized carbons (Fsp3) is 0.136. The molecule has 0 heterocycles. The summed E-state index contributed by atoms with van der Waals surface area (Å²) in [5.74, 6) is 1.27. The molecule has 0 aliphatic heterocycles. The molecular weight excluding hydrogens is 392 g/mol. The van der Waals surface area contributed by atoms with Crippen LogP contribution < -0.4 is 9.47 Å². The normalized spacial score (nSPS) is 11.6. The number of ether oxygens (including phenoxy) is 2. The highest BCUT2D eigenvalue weighted by Crippen LogP contribution is 2.33. The fourth-order valence-electron chi connectivity index (χ4n) is 2.48. The van der Waals surface area contributed by atoms with Crippen molar-refractivity contribution in [2.75, 3.05) is 0 Å². The smallest absolute Gasteiger partial charge is 0.162 e. The number of rotatable bonds is 8. The number of halogens is 1. The quantitative estimate of drug-likeness (QED) is 0.364. The third-order valence-electron chi connectivity index (χ3n) is 3.88. The van der Waals surface area contributed by atoms with Gasteiger partial charge in [0.1, 0.15) is 19.5 Å². The van der Waals surface area contributed by atoms with Gasteiger partial charge in [0.15, 0.2) is 11.5 Å². The van der Waals surface area contributed by atoms with Crippen molar-refractivity contribution in [2.24, 2.45) is 0 Å². The summed E-state index contributed by atoms with van der Waals surface area (Å²) in [6, 6.07) is 25.4. The van der Waals surface area contributed by atoms with Gasteiger partial charge in [0, 0.05) is 0 Å². The average Bonchev–Trinajstić information content (AvgIpc) is 2.72. The van der Waals surface area contributed by atoms with Crippen LogP contribution in [0.5, 0.6) is 11.5 Å². The first-order valence-corrected chi connectivity index (χ1v) is 9.24. The molecular formula is C22H19BrO3. The van der Waals surface area contributed by atoms with Crippen molar-refractivity contribution in [2.45, 2.75) is 18.0 Å². The van der Waals surface area contributed by atoms with E-state index in [0.29, 0.717) is 24.7 Å². The van der Waals surface area contributed by atoms with E-state index < -0.39 is 0 Å². The SMILES string of the molecule is O=CC(Br)c1ccc(OCc2ccccc2)c(OCc2ccccc2)c1. The Hall–Kier alpha value is -2.59. The monoisotopic (exact) mass is 410 g/mol. The second-order valence-electron chi connectivity index (χ2n) is 5.79. The van der Waals surface area contributed by atoms with Gasteiger partial charge in [-0.25, -0.2) is 0 Å². The molecule has 1 unspecified atom stereocenters. The van der Waals surface area contributed by atoms with E-state index in [1.165, 1.54) is 0 Å². The first kappa shape index (κ1) is 18.2. The summed E-state index contributed by atoms with van der Waals surface area (Å²) in [7, 11) is 0. The Bertz CT molecular complexity index is 835. The Morgan fingerprint density at radius 2 is 1.31 bits per heavy atom. The molecule has 0 spiro atoms. The zero-order chi connectivity index (χ0) is 18.2. The molecule has 26 heavy (non-hydrogen) atoms. The Kier molecular flexibility index (Phi) is 6.45. The number of aldehydes is 1. The van der Waals surface area contributed by atoms with Gasteiger partial charge in [-0.15, -0.1) is 0 Å². The molecule has 0 N–H and O–H groups in total. The number of hydrogen-bond donors (Lipinski definition) is 0. The van der Waals surface area contributed by atoms with Crippen molar-refractivity contribution in [1.29, 1.82) is 0 Å². The zero-order valence-electron chi connectivity index (χ0n) is 14.2. The molecule has 0 saturated carbocycles. The predicted octanol–water partition coefficient (Wildman–Crippen LogP) is 5.48. The third kappa shape index (κ3) is 4.96. The second-order valence-corrected chi connectivity index (χ2v) is 6.78. The van der Waals surface area contributed by atoms with Crippen LogP contribution in [-0.4, -0.2) is 6.29 Å². The minimum Gasteiger partial charge on any atom is -0.485 e. The van der Waals surface area contributed by atoms with Gasteiger partial charge in [-0.2, -0.15) is 0 Å². The van der Waals surface area contributed by atoms with Crippen molar-refractivity contribution < 1.29 is 14.3 Å². The van der Waals surface area contributed by atoms with Crippen LogP contribution in [0.15, 0.2) is 78.9 Å². The molecule has 1 atom stereocenters. The van der Waals surface area contributed by atoms with Gasteiger partial charge in [0.25, 0.3) is 0 Å². The number of carbonyl (C=O) groups excluding carboxylic acids is 1. The van der Waals surface area contributed by atoms with Crippen molar-refractivity contribution in [3.8, 4) is 11.5 Å². The van der Waals surface area contributed by atoms with E-state index in [1.807, 2.05) is 78.9 Å². The van der Waals surface area contributed by atoms with Crippen LogP contribution in [-0.2, 0) is 18.0 Å². The van der Waals surface area contributed by atoms with E-state index in [9.17, 15) is 4.79 Å². The minimum absolute atomic E-state index is 0.371. The summed E-state index contributed by atoms with van der Waals surface area (Å²) in [6.45, 7) is 0.882. The highest BCUT2D eigenvalue weighted by atomic mass is 79.9. The molecule has 0 saturated heterocycles. The lowest BCUT2D eigenvalue weighted by atomic mass is 10.1. The summed E-state index contributed by atoms with van der Waals surface area (Å²) in [4.78, 5) is 10.7. The van der Waals surface area contributed by atoms with E-state index in [4.69, 9.17) is 9.47 Å². The molecule has 0 aliphatic rings. The first-order valence-electron chi connectivity index (χ1n) is 8.33. The van der Waals surface area contributed by atoms with Gasteiger partial charge in [-0.05, 0) is 28.8 Å². The lowest BCUT2D eigenvalue weighted by Gasteiger charge is -2.15. The predicted molar refractivity (Wildman–Crippen MR) is 106 cm³/mol. The molecule has 3 aromatic carbocycles. The van der Waals surface area contributed by atoms with Gasteiger partial charge in [-0.3, -0.25) is 0 Å². The van der Waals surface area contributed by atoms with Crippen LogP contribution in [0.1, 0.15) is 21.5 Å². The molecule has 0 radical (unpaired) electrons. The minimum atomic E-state index is -0.371. The van der Waals surface area contributed by atoms with Crippen LogP contribution >= 0.6 is 15.9 Å². The highest BCUT2D eigenvalue weighted by molar-refractivity contribution is 9.09. The van der Waals surface area contributed by atoms with E-state index in [-0.39, 0.29) is 4.83 Å². The summed E-state index contributed by atoms with van der Waals surface area (Å²) in [5.41, 5.74) is 2.98. The summed E-state index contributed by atoms with van der Waals surface area (Å²) >= 11 is 3.35. The Morgan fingerprint density at radius 3 is 1.85 bits per heavy atom. The van der Waals surface area contributed by atoms with Crippen LogP contribution in [0.2, 0.25) is 0 Å². The number of benzene rings is 3. The van der Waals surface area contributed by atoms with Gasteiger partial charge in [0.05, 0.1) is 4.83 Å². The fourth-order valence-corrected chi connectivity index (χ4v) is 2.76. The topological polar surface area (TPSA) is 35.5 Å². The standard InChI is InChI=1S/C22H19BrO3/c23-20(14-24)19-11-12-21(25-15-17-7-3-1-4-8-17)22(13-19)26-16-18-9-5-2-6-10-18/h1-14,20H,15-16H2. The van der Waals surface area contributed by atoms with Crippen molar-refractivity contribution >= 4 is 22.2 Å². The van der Waals surface area contributed by atoms with E-state index >= 15 is 0 Å². The summed E-state index contributed by atoms with van der Waals surface area (Å²) in [6.07, 6.45) is 0.848.